The fourth-order valence-corrected chi connectivity index (χ4v) is 4.19. The van der Waals surface area contributed by atoms with Gasteiger partial charge >= 0.3 is 11.9 Å². The molecule has 2 N–H and O–H groups in total. The van der Waals surface area contributed by atoms with E-state index >= 15 is 0 Å². The van der Waals surface area contributed by atoms with Gasteiger partial charge in [-0.25, -0.2) is 4.79 Å². The summed E-state index contributed by atoms with van der Waals surface area (Å²) in [5, 5.41) is 20.1. The molecule has 1 fully saturated rings. The molecule has 0 saturated carbocycles. The molecule has 1 aromatic heterocycles. The van der Waals surface area contributed by atoms with E-state index < -0.39 is 18.0 Å². The molecule has 0 spiro atoms. The molecule has 6 nitrogen and oxygen atoms in total. The lowest BCUT2D eigenvalue weighted by atomic mass is 10.0. The van der Waals surface area contributed by atoms with Crippen LogP contribution < -0.4 is 0 Å². The van der Waals surface area contributed by atoms with Crippen molar-refractivity contribution in [1.29, 1.82) is 0 Å². The second-order valence-electron chi connectivity index (χ2n) is 5.53. The van der Waals surface area contributed by atoms with Gasteiger partial charge in [-0.15, -0.1) is 0 Å². The summed E-state index contributed by atoms with van der Waals surface area (Å²) in [6.45, 7) is 1.29. The average Bonchev–Trinajstić information content (AvgIpc) is 2.82. The van der Waals surface area contributed by atoms with E-state index in [-0.39, 0.29) is 5.69 Å². The SMILES string of the molecule is Cn1c(C(=O)O)c([C@@H](C(=O)O)N2CCSCC2)c2ccccc21. The van der Waals surface area contributed by atoms with E-state index in [0.29, 0.717) is 24.0 Å². The molecule has 1 aliphatic rings. The van der Waals surface area contributed by atoms with Crippen LogP contribution in [0.3, 0.4) is 0 Å². The van der Waals surface area contributed by atoms with Gasteiger partial charge in [0.15, 0.2) is 0 Å². The van der Waals surface area contributed by atoms with Gasteiger partial charge in [-0.3, -0.25) is 9.69 Å². The molecule has 1 aromatic carbocycles. The summed E-state index contributed by atoms with van der Waals surface area (Å²) in [6.07, 6.45) is 0. The van der Waals surface area contributed by atoms with Crippen LogP contribution in [0.1, 0.15) is 22.1 Å². The lowest BCUT2D eigenvalue weighted by Crippen LogP contribution is -2.40. The second kappa shape index (κ2) is 6.25. The molecule has 3 rings (SSSR count). The van der Waals surface area contributed by atoms with Crippen LogP contribution in [0.25, 0.3) is 10.9 Å². The number of thioether (sulfide) groups is 1. The van der Waals surface area contributed by atoms with Crippen LogP contribution in [-0.4, -0.2) is 56.2 Å². The van der Waals surface area contributed by atoms with Crippen molar-refractivity contribution in [2.45, 2.75) is 6.04 Å². The number of benzene rings is 1. The van der Waals surface area contributed by atoms with Crippen LogP contribution in [0, 0.1) is 0 Å². The summed E-state index contributed by atoms with van der Waals surface area (Å²) in [7, 11) is 1.67. The minimum Gasteiger partial charge on any atom is -0.480 e. The Bertz CT molecular complexity index is 765. The molecule has 0 bridgehead atoms. The number of aromatic carboxylic acids is 1. The highest BCUT2D eigenvalue weighted by Crippen LogP contribution is 2.35. The molecule has 2 aromatic rings. The second-order valence-corrected chi connectivity index (χ2v) is 6.76. The summed E-state index contributed by atoms with van der Waals surface area (Å²) >= 11 is 1.79. The maximum absolute atomic E-state index is 12.0. The number of rotatable bonds is 4. The minimum absolute atomic E-state index is 0.0526. The number of para-hydroxylation sites is 1. The zero-order chi connectivity index (χ0) is 16.6. The molecule has 0 radical (unpaired) electrons. The van der Waals surface area contributed by atoms with Crippen molar-refractivity contribution in [3.05, 3.63) is 35.5 Å². The highest BCUT2D eigenvalue weighted by molar-refractivity contribution is 7.99. The summed E-state index contributed by atoms with van der Waals surface area (Å²) in [5.41, 5.74) is 1.17. The average molecular weight is 334 g/mol. The largest absolute Gasteiger partial charge is 0.480 e. The Morgan fingerprint density at radius 2 is 1.83 bits per heavy atom. The predicted octanol–water partition coefficient (Wildman–Crippen LogP) is 2.05. The zero-order valence-electron chi connectivity index (χ0n) is 12.7. The van der Waals surface area contributed by atoms with Crippen LogP contribution in [-0.2, 0) is 11.8 Å². The Balaban J connectivity index is 2.24. The first-order chi connectivity index (χ1) is 11.0. The number of carboxylic acid groups (broad SMARTS) is 2. The smallest absolute Gasteiger partial charge is 0.352 e. The maximum atomic E-state index is 12.0. The molecule has 0 aliphatic carbocycles. The third kappa shape index (κ3) is 2.70. The molecule has 23 heavy (non-hydrogen) atoms. The lowest BCUT2D eigenvalue weighted by molar-refractivity contribution is -0.143. The van der Waals surface area contributed by atoms with Gasteiger partial charge in [0.1, 0.15) is 11.7 Å². The number of aliphatic carboxylic acids is 1. The van der Waals surface area contributed by atoms with E-state index in [1.54, 1.807) is 29.4 Å². The highest BCUT2D eigenvalue weighted by atomic mass is 32.2. The van der Waals surface area contributed by atoms with Crippen molar-refractivity contribution in [3.8, 4) is 0 Å². The Hall–Kier alpha value is -1.99. The molecule has 2 heterocycles. The maximum Gasteiger partial charge on any atom is 0.352 e. The van der Waals surface area contributed by atoms with Crippen molar-refractivity contribution >= 4 is 34.6 Å². The number of aryl methyl sites for hydroxylation is 1. The molecule has 0 amide bonds. The predicted molar refractivity (Wildman–Crippen MR) is 89.2 cm³/mol. The molecule has 122 valence electrons. The normalized spacial score (nSPS) is 17.3. The van der Waals surface area contributed by atoms with E-state index in [4.69, 9.17) is 0 Å². The molecule has 7 heteroatoms. The van der Waals surface area contributed by atoms with Crippen molar-refractivity contribution < 1.29 is 19.8 Å². The van der Waals surface area contributed by atoms with Crippen LogP contribution >= 0.6 is 11.8 Å². The molecule has 1 atom stereocenters. The zero-order valence-corrected chi connectivity index (χ0v) is 13.5. The van der Waals surface area contributed by atoms with E-state index in [0.717, 1.165) is 17.0 Å². The number of hydrogen-bond donors (Lipinski definition) is 2. The van der Waals surface area contributed by atoms with Gasteiger partial charge in [0, 0.05) is 48.1 Å². The lowest BCUT2D eigenvalue weighted by Gasteiger charge is -2.32. The monoisotopic (exact) mass is 334 g/mol. The molecular formula is C16H18N2O4S. The first-order valence-electron chi connectivity index (χ1n) is 7.37. The number of carbonyl (C=O) groups is 2. The van der Waals surface area contributed by atoms with Crippen LogP contribution in [0.4, 0.5) is 0 Å². The molecule has 1 aliphatic heterocycles. The highest BCUT2D eigenvalue weighted by Gasteiger charge is 2.35. The summed E-state index contributed by atoms with van der Waals surface area (Å²) in [6, 6.07) is 6.31. The Kier molecular flexibility index (Phi) is 4.32. The first kappa shape index (κ1) is 15.9. The third-order valence-electron chi connectivity index (χ3n) is 4.27. The van der Waals surface area contributed by atoms with E-state index in [2.05, 4.69) is 0 Å². The van der Waals surface area contributed by atoms with Crippen molar-refractivity contribution in [3.63, 3.8) is 0 Å². The van der Waals surface area contributed by atoms with Gasteiger partial charge in [-0.1, -0.05) is 18.2 Å². The fourth-order valence-electron chi connectivity index (χ4n) is 3.26. The van der Waals surface area contributed by atoms with Gasteiger partial charge in [0.25, 0.3) is 0 Å². The summed E-state index contributed by atoms with van der Waals surface area (Å²) in [4.78, 5) is 25.6. The number of nitrogens with zero attached hydrogens (tertiary/aromatic N) is 2. The Labute approximate surface area is 137 Å². The number of carboxylic acids is 2. The van der Waals surface area contributed by atoms with Gasteiger partial charge < -0.3 is 14.8 Å². The fraction of sp³-hybridized carbons (Fsp3) is 0.375. The Morgan fingerprint density at radius 1 is 1.17 bits per heavy atom. The number of hydrogen-bond acceptors (Lipinski definition) is 4. The quantitative estimate of drug-likeness (QED) is 0.890. The molecule has 0 unspecified atom stereocenters. The molecular weight excluding hydrogens is 316 g/mol. The van der Waals surface area contributed by atoms with Gasteiger partial charge in [-0.05, 0) is 6.07 Å². The number of aromatic nitrogens is 1. The van der Waals surface area contributed by atoms with Crippen LogP contribution in [0.15, 0.2) is 24.3 Å². The summed E-state index contributed by atoms with van der Waals surface area (Å²) in [5.74, 6) is -0.388. The van der Waals surface area contributed by atoms with Gasteiger partial charge in [-0.2, -0.15) is 11.8 Å². The summed E-state index contributed by atoms with van der Waals surface area (Å²) < 4.78 is 1.57. The third-order valence-corrected chi connectivity index (χ3v) is 5.21. The van der Waals surface area contributed by atoms with Gasteiger partial charge in [0.05, 0.1) is 0 Å². The standard InChI is InChI=1S/C16H18N2O4S/c1-17-11-5-3-2-4-10(11)12(13(17)15(19)20)14(16(21)22)18-6-8-23-9-7-18/h2-5,14H,6-9H2,1H3,(H,19,20)(H,21,22)/t14-/m0/s1. The first-order valence-corrected chi connectivity index (χ1v) is 8.53. The van der Waals surface area contributed by atoms with Crippen molar-refractivity contribution in [2.24, 2.45) is 7.05 Å². The van der Waals surface area contributed by atoms with E-state index in [1.807, 2.05) is 23.1 Å². The van der Waals surface area contributed by atoms with Crippen LogP contribution in [0.5, 0.6) is 0 Å². The number of fused-ring (bicyclic) bond motifs is 1. The van der Waals surface area contributed by atoms with E-state index in [1.165, 1.54) is 0 Å². The Morgan fingerprint density at radius 3 is 2.43 bits per heavy atom. The van der Waals surface area contributed by atoms with E-state index in [9.17, 15) is 19.8 Å². The van der Waals surface area contributed by atoms with Crippen molar-refractivity contribution in [2.75, 3.05) is 24.6 Å². The minimum atomic E-state index is -1.10. The topological polar surface area (TPSA) is 82.8 Å². The van der Waals surface area contributed by atoms with Crippen LogP contribution in [0.2, 0.25) is 0 Å². The van der Waals surface area contributed by atoms with Gasteiger partial charge in [0.2, 0.25) is 0 Å². The molecule has 1 saturated heterocycles. The van der Waals surface area contributed by atoms with Crippen molar-refractivity contribution in [1.82, 2.24) is 9.47 Å².